The minimum Gasteiger partial charge on any atom is -0.395 e. The van der Waals surface area contributed by atoms with Crippen LogP contribution in [0.4, 0.5) is 0 Å². The lowest BCUT2D eigenvalue weighted by molar-refractivity contribution is 0.0979. The maximum Gasteiger partial charge on any atom is 0.162 e. The summed E-state index contributed by atoms with van der Waals surface area (Å²) in [6.07, 6.45) is 11.3. The lowest BCUT2D eigenvalue weighted by atomic mass is 10.00. The van der Waals surface area contributed by atoms with Gasteiger partial charge in [-0.3, -0.25) is 4.79 Å². The molecule has 0 amide bonds. The summed E-state index contributed by atoms with van der Waals surface area (Å²) in [7, 11) is 0. The molecule has 1 aromatic carbocycles. The molecule has 0 spiro atoms. The highest BCUT2D eigenvalue weighted by atomic mass is 16.3. The smallest absolute Gasteiger partial charge is 0.162 e. The molecule has 23 heavy (non-hydrogen) atoms. The Bertz CT molecular complexity index is 428. The molecule has 0 aromatic heterocycles. The van der Waals surface area contributed by atoms with Gasteiger partial charge in [-0.2, -0.15) is 0 Å². The van der Waals surface area contributed by atoms with E-state index in [9.17, 15) is 4.79 Å². The Hall–Kier alpha value is -1.19. The fraction of sp³-hybridized carbons (Fsp3) is 0.650. The number of carbonyl (C=O) groups excluding carboxylic acids is 1. The first kappa shape index (κ1) is 19.9. The van der Waals surface area contributed by atoms with Gasteiger partial charge in [0.2, 0.25) is 0 Å². The van der Waals surface area contributed by atoms with E-state index in [0.29, 0.717) is 12.8 Å². The standard InChI is InChI=1S/C20H33NO2/c1-2-3-4-5-6-7-8-9-10-20(23)18-13-11-17(12-14-18)15-19(21)16-22/h11-14,19,22H,2-10,15-16,21H2,1H3. The van der Waals surface area contributed by atoms with E-state index < -0.39 is 0 Å². The van der Waals surface area contributed by atoms with E-state index >= 15 is 0 Å². The summed E-state index contributed by atoms with van der Waals surface area (Å²) in [6, 6.07) is 7.42. The van der Waals surface area contributed by atoms with Crippen LogP contribution in [0.1, 0.15) is 80.6 Å². The van der Waals surface area contributed by atoms with Crippen LogP contribution in [0.5, 0.6) is 0 Å². The zero-order chi connectivity index (χ0) is 16.9. The molecule has 1 atom stereocenters. The van der Waals surface area contributed by atoms with Gasteiger partial charge in [-0.15, -0.1) is 0 Å². The Morgan fingerprint density at radius 2 is 1.57 bits per heavy atom. The van der Waals surface area contributed by atoms with E-state index in [-0.39, 0.29) is 18.4 Å². The Morgan fingerprint density at radius 3 is 2.13 bits per heavy atom. The van der Waals surface area contributed by atoms with Gasteiger partial charge in [-0.1, -0.05) is 76.1 Å². The van der Waals surface area contributed by atoms with Crippen molar-refractivity contribution in [1.82, 2.24) is 0 Å². The van der Waals surface area contributed by atoms with E-state index in [1.807, 2.05) is 24.3 Å². The quantitative estimate of drug-likeness (QED) is 0.422. The van der Waals surface area contributed by atoms with Crippen LogP contribution in [0.2, 0.25) is 0 Å². The van der Waals surface area contributed by atoms with Crippen LogP contribution in [0.3, 0.4) is 0 Å². The van der Waals surface area contributed by atoms with E-state index in [1.165, 1.54) is 38.5 Å². The number of hydrogen-bond donors (Lipinski definition) is 2. The first-order valence-electron chi connectivity index (χ1n) is 9.16. The van der Waals surface area contributed by atoms with Crippen LogP contribution < -0.4 is 5.73 Å². The van der Waals surface area contributed by atoms with Crippen LogP contribution in [0.25, 0.3) is 0 Å². The SMILES string of the molecule is CCCCCCCCCCC(=O)c1ccc(CC(N)CO)cc1. The normalized spacial score (nSPS) is 12.3. The lowest BCUT2D eigenvalue weighted by Crippen LogP contribution is -2.26. The van der Waals surface area contributed by atoms with Crippen LogP contribution in [0, 0.1) is 0 Å². The minimum atomic E-state index is -0.228. The minimum absolute atomic E-state index is 0.0148. The monoisotopic (exact) mass is 319 g/mol. The third-order valence-corrected chi connectivity index (χ3v) is 4.27. The Labute approximate surface area is 141 Å². The van der Waals surface area contributed by atoms with Gasteiger partial charge in [0.15, 0.2) is 5.78 Å². The predicted molar refractivity (Wildman–Crippen MR) is 96.8 cm³/mol. The number of rotatable bonds is 13. The number of Topliss-reactive ketones (excluding diaryl/α,β-unsaturated/α-hetero) is 1. The van der Waals surface area contributed by atoms with Crippen molar-refractivity contribution in [3.63, 3.8) is 0 Å². The Morgan fingerprint density at radius 1 is 1.00 bits per heavy atom. The largest absolute Gasteiger partial charge is 0.395 e. The molecule has 0 bridgehead atoms. The number of unbranched alkanes of at least 4 members (excludes halogenated alkanes) is 7. The van der Waals surface area contributed by atoms with E-state index in [2.05, 4.69) is 6.92 Å². The highest BCUT2D eigenvalue weighted by Crippen LogP contribution is 2.13. The van der Waals surface area contributed by atoms with Gasteiger partial charge in [-0.25, -0.2) is 0 Å². The molecular weight excluding hydrogens is 286 g/mol. The summed E-state index contributed by atoms with van der Waals surface area (Å²) in [5, 5.41) is 8.96. The van der Waals surface area contributed by atoms with Crippen molar-refractivity contribution in [1.29, 1.82) is 0 Å². The average Bonchev–Trinajstić information content (AvgIpc) is 2.57. The molecule has 0 fully saturated rings. The molecule has 0 aliphatic carbocycles. The summed E-state index contributed by atoms with van der Waals surface area (Å²) in [6.45, 7) is 2.22. The van der Waals surface area contributed by atoms with Gasteiger partial charge in [-0.05, 0) is 18.4 Å². The summed E-state index contributed by atoms with van der Waals surface area (Å²) in [5.74, 6) is 0.231. The van der Waals surface area contributed by atoms with Crippen LogP contribution >= 0.6 is 0 Å². The number of aliphatic hydroxyl groups excluding tert-OH is 1. The predicted octanol–water partition coefficient (Wildman–Crippen LogP) is 4.26. The zero-order valence-electron chi connectivity index (χ0n) is 14.6. The molecule has 0 aliphatic rings. The second-order valence-electron chi connectivity index (χ2n) is 6.49. The molecule has 0 radical (unpaired) electrons. The maximum atomic E-state index is 12.1. The second-order valence-corrected chi connectivity index (χ2v) is 6.49. The molecule has 0 aliphatic heterocycles. The van der Waals surface area contributed by atoms with Crippen LogP contribution in [-0.4, -0.2) is 23.5 Å². The number of carbonyl (C=O) groups is 1. The van der Waals surface area contributed by atoms with Crippen molar-refractivity contribution >= 4 is 5.78 Å². The third-order valence-electron chi connectivity index (χ3n) is 4.27. The molecule has 3 heteroatoms. The molecule has 0 saturated carbocycles. The highest BCUT2D eigenvalue weighted by Gasteiger charge is 2.07. The second kappa shape index (κ2) is 12.3. The summed E-state index contributed by atoms with van der Waals surface area (Å²) < 4.78 is 0. The van der Waals surface area contributed by atoms with E-state index in [4.69, 9.17) is 10.8 Å². The first-order valence-corrected chi connectivity index (χ1v) is 9.16. The van der Waals surface area contributed by atoms with Gasteiger partial charge >= 0.3 is 0 Å². The van der Waals surface area contributed by atoms with Gasteiger partial charge in [0.1, 0.15) is 0 Å². The summed E-state index contributed by atoms with van der Waals surface area (Å²) in [5.41, 5.74) is 7.57. The number of aliphatic hydroxyl groups is 1. The van der Waals surface area contributed by atoms with Crippen LogP contribution in [-0.2, 0) is 6.42 Å². The van der Waals surface area contributed by atoms with Crippen molar-refractivity contribution in [3.05, 3.63) is 35.4 Å². The fourth-order valence-corrected chi connectivity index (χ4v) is 2.76. The van der Waals surface area contributed by atoms with Crippen molar-refractivity contribution in [3.8, 4) is 0 Å². The molecule has 130 valence electrons. The number of benzene rings is 1. The highest BCUT2D eigenvalue weighted by molar-refractivity contribution is 5.96. The average molecular weight is 319 g/mol. The Balaban J connectivity index is 2.19. The molecule has 1 rings (SSSR count). The van der Waals surface area contributed by atoms with Crippen molar-refractivity contribution < 1.29 is 9.90 Å². The van der Waals surface area contributed by atoms with Crippen LogP contribution in [0.15, 0.2) is 24.3 Å². The van der Waals surface area contributed by atoms with Crippen molar-refractivity contribution in [2.24, 2.45) is 5.73 Å². The van der Waals surface area contributed by atoms with Gasteiger partial charge in [0, 0.05) is 18.0 Å². The van der Waals surface area contributed by atoms with E-state index in [1.54, 1.807) is 0 Å². The first-order chi connectivity index (χ1) is 11.2. The van der Waals surface area contributed by atoms with Crippen molar-refractivity contribution in [2.75, 3.05) is 6.61 Å². The number of nitrogens with two attached hydrogens (primary N) is 1. The summed E-state index contributed by atoms with van der Waals surface area (Å²) in [4.78, 5) is 12.1. The molecule has 3 nitrogen and oxygen atoms in total. The molecule has 1 aromatic rings. The van der Waals surface area contributed by atoms with Gasteiger partial charge in [0.05, 0.1) is 6.61 Å². The lowest BCUT2D eigenvalue weighted by Gasteiger charge is -2.08. The van der Waals surface area contributed by atoms with Gasteiger partial charge in [0.25, 0.3) is 0 Å². The van der Waals surface area contributed by atoms with Gasteiger partial charge < -0.3 is 10.8 Å². The number of hydrogen-bond acceptors (Lipinski definition) is 3. The summed E-state index contributed by atoms with van der Waals surface area (Å²) >= 11 is 0. The zero-order valence-corrected chi connectivity index (χ0v) is 14.6. The Kier molecular flexibility index (Phi) is 10.6. The molecule has 0 heterocycles. The molecular formula is C20H33NO2. The molecule has 1 unspecified atom stereocenters. The molecule has 0 saturated heterocycles. The van der Waals surface area contributed by atoms with E-state index in [0.717, 1.165) is 24.0 Å². The van der Waals surface area contributed by atoms with Crippen molar-refractivity contribution in [2.45, 2.75) is 77.2 Å². The third kappa shape index (κ3) is 8.87. The maximum absolute atomic E-state index is 12.1. The number of ketones is 1. The topological polar surface area (TPSA) is 63.3 Å². The molecule has 3 N–H and O–H groups in total. The fourth-order valence-electron chi connectivity index (χ4n) is 2.76.